The van der Waals surface area contributed by atoms with E-state index in [1.165, 1.54) is 0 Å². The number of nitrogens with one attached hydrogen (secondary N) is 1. The third-order valence-electron chi connectivity index (χ3n) is 3.82. The lowest BCUT2D eigenvalue weighted by Gasteiger charge is -2.36. The first-order valence-electron chi connectivity index (χ1n) is 7.09. The van der Waals surface area contributed by atoms with Gasteiger partial charge in [-0.1, -0.05) is 20.8 Å². The van der Waals surface area contributed by atoms with Gasteiger partial charge in [0.05, 0.1) is 4.92 Å². The molecule has 0 radical (unpaired) electrons. The minimum atomic E-state index is -1.75. The molecule has 9 heteroatoms. The Morgan fingerprint density at radius 2 is 2.09 bits per heavy atom. The minimum absolute atomic E-state index is 0.0226. The van der Waals surface area contributed by atoms with E-state index in [2.05, 4.69) is 49.1 Å². The highest BCUT2D eigenvalue weighted by Gasteiger charge is 2.36. The molecule has 22 heavy (non-hydrogen) atoms. The lowest BCUT2D eigenvalue weighted by molar-refractivity contribution is -0.384. The fourth-order valence-electron chi connectivity index (χ4n) is 1.44. The SMILES string of the molecule is CC(C)(C)[Si](C)(C)OCCCNc1nc(Cl)ncc1[N+](=O)[O-]. The first-order valence-corrected chi connectivity index (χ1v) is 10.4. The van der Waals surface area contributed by atoms with E-state index in [1.807, 2.05) is 0 Å². The van der Waals surface area contributed by atoms with Crippen LogP contribution in [0.25, 0.3) is 0 Å². The number of aromatic nitrogens is 2. The minimum Gasteiger partial charge on any atom is -0.417 e. The quantitative estimate of drug-likeness (QED) is 0.265. The number of anilines is 1. The zero-order valence-electron chi connectivity index (χ0n) is 13.6. The van der Waals surface area contributed by atoms with E-state index in [0.29, 0.717) is 13.2 Å². The molecule has 0 bridgehead atoms. The van der Waals surface area contributed by atoms with Crippen molar-refractivity contribution in [3.05, 3.63) is 21.6 Å². The van der Waals surface area contributed by atoms with E-state index < -0.39 is 13.2 Å². The Morgan fingerprint density at radius 3 is 2.64 bits per heavy atom. The van der Waals surface area contributed by atoms with Gasteiger partial charge in [-0.25, -0.2) is 4.98 Å². The number of nitro groups is 1. The average molecular weight is 347 g/mol. The predicted octanol–water partition coefficient (Wildman–Crippen LogP) is 3.86. The molecule has 0 aliphatic rings. The summed E-state index contributed by atoms with van der Waals surface area (Å²) in [5.41, 5.74) is -0.185. The van der Waals surface area contributed by atoms with Gasteiger partial charge >= 0.3 is 5.69 Å². The van der Waals surface area contributed by atoms with Crippen LogP contribution in [0.1, 0.15) is 27.2 Å². The van der Waals surface area contributed by atoms with Crippen LogP contribution in [0.2, 0.25) is 23.4 Å². The number of hydrogen-bond acceptors (Lipinski definition) is 6. The molecular formula is C13H23ClN4O3Si. The summed E-state index contributed by atoms with van der Waals surface area (Å²) in [5, 5.41) is 13.9. The molecule has 0 saturated carbocycles. The fourth-order valence-corrected chi connectivity index (χ4v) is 2.66. The van der Waals surface area contributed by atoms with Crippen LogP contribution in [0, 0.1) is 10.1 Å². The molecule has 0 spiro atoms. The fraction of sp³-hybridized carbons (Fsp3) is 0.692. The number of halogens is 1. The lowest BCUT2D eigenvalue weighted by atomic mass is 10.2. The van der Waals surface area contributed by atoms with Crippen LogP contribution in [-0.4, -0.2) is 36.4 Å². The van der Waals surface area contributed by atoms with Crippen molar-refractivity contribution < 1.29 is 9.35 Å². The van der Waals surface area contributed by atoms with Gasteiger partial charge in [-0.2, -0.15) is 4.98 Å². The van der Waals surface area contributed by atoms with Crippen LogP contribution in [0.5, 0.6) is 0 Å². The van der Waals surface area contributed by atoms with Gasteiger partial charge in [0.1, 0.15) is 6.20 Å². The van der Waals surface area contributed by atoms with E-state index in [0.717, 1.165) is 12.6 Å². The highest BCUT2D eigenvalue weighted by Crippen LogP contribution is 2.36. The molecule has 0 unspecified atom stereocenters. The van der Waals surface area contributed by atoms with Gasteiger partial charge in [0.2, 0.25) is 11.1 Å². The van der Waals surface area contributed by atoms with Crippen LogP contribution in [0.3, 0.4) is 0 Å². The van der Waals surface area contributed by atoms with Crippen LogP contribution in [-0.2, 0) is 4.43 Å². The predicted molar refractivity (Wildman–Crippen MR) is 90.0 cm³/mol. The summed E-state index contributed by atoms with van der Waals surface area (Å²) in [4.78, 5) is 17.8. The Kier molecular flexibility index (Phi) is 6.27. The summed E-state index contributed by atoms with van der Waals surface area (Å²) >= 11 is 5.67. The first-order chi connectivity index (χ1) is 10.0. The van der Waals surface area contributed by atoms with Gasteiger partial charge in [-0.3, -0.25) is 10.1 Å². The summed E-state index contributed by atoms with van der Waals surface area (Å²) in [5.74, 6) is 0.136. The smallest absolute Gasteiger partial charge is 0.329 e. The third kappa shape index (κ3) is 5.18. The molecule has 1 heterocycles. The number of rotatable bonds is 7. The second-order valence-electron chi connectivity index (χ2n) is 6.52. The van der Waals surface area contributed by atoms with Crippen LogP contribution >= 0.6 is 11.6 Å². The Bertz CT molecular complexity index is 535. The number of nitrogens with zero attached hydrogens (tertiary/aromatic N) is 3. The van der Waals surface area contributed by atoms with Gasteiger partial charge in [-0.15, -0.1) is 0 Å². The van der Waals surface area contributed by atoms with E-state index in [-0.39, 0.29) is 21.8 Å². The molecule has 0 atom stereocenters. The van der Waals surface area contributed by atoms with Gasteiger partial charge < -0.3 is 9.74 Å². The zero-order valence-corrected chi connectivity index (χ0v) is 15.4. The lowest BCUT2D eigenvalue weighted by Crippen LogP contribution is -2.41. The Hall–Kier alpha value is -1.25. The molecule has 1 aromatic rings. The molecule has 0 aliphatic heterocycles. The first kappa shape index (κ1) is 18.8. The Morgan fingerprint density at radius 1 is 1.45 bits per heavy atom. The molecule has 124 valence electrons. The molecule has 1 rings (SSSR count). The normalized spacial score (nSPS) is 12.3. The zero-order chi connectivity index (χ0) is 17.0. The van der Waals surface area contributed by atoms with Crippen molar-refractivity contribution in [2.45, 2.75) is 45.3 Å². The average Bonchev–Trinajstić information content (AvgIpc) is 2.36. The summed E-state index contributed by atoms with van der Waals surface area (Å²) < 4.78 is 6.04. The van der Waals surface area contributed by atoms with Gasteiger partial charge in [0.25, 0.3) is 0 Å². The molecule has 1 aromatic heterocycles. The second kappa shape index (κ2) is 7.34. The Labute approximate surface area is 136 Å². The van der Waals surface area contributed by atoms with Crippen molar-refractivity contribution in [2.24, 2.45) is 0 Å². The molecule has 0 aliphatic carbocycles. The van der Waals surface area contributed by atoms with Crippen molar-refractivity contribution in [2.75, 3.05) is 18.5 Å². The van der Waals surface area contributed by atoms with Crippen molar-refractivity contribution >= 4 is 31.4 Å². The maximum atomic E-state index is 10.9. The van der Waals surface area contributed by atoms with E-state index in [9.17, 15) is 10.1 Å². The van der Waals surface area contributed by atoms with E-state index in [1.54, 1.807) is 0 Å². The molecule has 0 aromatic carbocycles. The maximum Gasteiger partial charge on any atom is 0.329 e. The van der Waals surface area contributed by atoms with Crippen LogP contribution in [0.4, 0.5) is 11.5 Å². The van der Waals surface area contributed by atoms with Crippen molar-refractivity contribution in [3.8, 4) is 0 Å². The highest BCUT2D eigenvalue weighted by atomic mass is 35.5. The summed E-state index contributed by atoms with van der Waals surface area (Å²) in [6.45, 7) is 12.1. The largest absolute Gasteiger partial charge is 0.417 e. The summed E-state index contributed by atoms with van der Waals surface area (Å²) in [6, 6.07) is 0. The van der Waals surface area contributed by atoms with E-state index in [4.69, 9.17) is 16.0 Å². The van der Waals surface area contributed by atoms with Crippen molar-refractivity contribution in [1.82, 2.24) is 9.97 Å². The van der Waals surface area contributed by atoms with Crippen molar-refractivity contribution in [1.29, 1.82) is 0 Å². The molecule has 0 fully saturated rings. The third-order valence-corrected chi connectivity index (χ3v) is 8.54. The summed E-state index contributed by atoms with van der Waals surface area (Å²) in [7, 11) is -1.75. The Balaban J connectivity index is 2.49. The summed E-state index contributed by atoms with van der Waals surface area (Å²) in [6.07, 6.45) is 1.83. The standard InChI is InChI=1S/C13H23ClN4O3Si/c1-13(2,3)22(4,5)21-8-6-7-15-11-10(18(19)20)9-16-12(14)17-11/h9H,6-8H2,1-5H3,(H,15,16,17). The van der Waals surface area contributed by atoms with E-state index >= 15 is 0 Å². The topological polar surface area (TPSA) is 90.2 Å². The van der Waals surface area contributed by atoms with Crippen molar-refractivity contribution in [3.63, 3.8) is 0 Å². The van der Waals surface area contributed by atoms with Gasteiger partial charge in [0, 0.05) is 13.2 Å². The molecule has 7 nitrogen and oxygen atoms in total. The second-order valence-corrected chi connectivity index (χ2v) is 11.7. The van der Waals surface area contributed by atoms with Gasteiger partial charge in [0.15, 0.2) is 8.32 Å². The maximum absolute atomic E-state index is 10.9. The molecular weight excluding hydrogens is 324 g/mol. The molecule has 0 saturated heterocycles. The van der Waals surface area contributed by atoms with Gasteiger partial charge in [-0.05, 0) is 36.2 Å². The molecule has 1 N–H and O–H groups in total. The highest BCUT2D eigenvalue weighted by molar-refractivity contribution is 6.74. The molecule has 0 amide bonds. The number of hydrogen-bond donors (Lipinski definition) is 1. The van der Waals surface area contributed by atoms with Crippen LogP contribution in [0.15, 0.2) is 6.20 Å². The monoisotopic (exact) mass is 346 g/mol. The van der Waals surface area contributed by atoms with Crippen LogP contribution < -0.4 is 5.32 Å².